The largest absolute Gasteiger partial charge is 0.490 e. The van der Waals surface area contributed by atoms with Gasteiger partial charge in [0.05, 0.1) is 12.6 Å². The molecule has 8 heteroatoms. The van der Waals surface area contributed by atoms with E-state index in [9.17, 15) is 9.18 Å². The SMILES string of the molecule is CCc1cc(=O)n2nc(N[C@H]3CCOc4c(F)cccc43)sc2n1. The summed E-state index contributed by atoms with van der Waals surface area (Å²) >= 11 is 1.31. The molecule has 24 heavy (non-hydrogen) atoms. The Labute approximate surface area is 140 Å². The summed E-state index contributed by atoms with van der Waals surface area (Å²) in [6.07, 6.45) is 1.38. The zero-order valence-corrected chi connectivity index (χ0v) is 13.8. The van der Waals surface area contributed by atoms with Gasteiger partial charge in [0.1, 0.15) is 0 Å². The summed E-state index contributed by atoms with van der Waals surface area (Å²) in [6, 6.07) is 6.26. The molecule has 0 bridgehead atoms. The van der Waals surface area contributed by atoms with Crippen molar-refractivity contribution in [3.8, 4) is 5.75 Å². The van der Waals surface area contributed by atoms with Crippen molar-refractivity contribution in [1.82, 2.24) is 14.6 Å². The topological polar surface area (TPSA) is 68.5 Å². The Kier molecular flexibility index (Phi) is 3.68. The lowest BCUT2D eigenvalue weighted by Crippen LogP contribution is -2.21. The fraction of sp³-hybridized carbons (Fsp3) is 0.312. The lowest BCUT2D eigenvalue weighted by Gasteiger charge is -2.26. The minimum absolute atomic E-state index is 0.119. The second-order valence-corrected chi connectivity index (χ2v) is 6.49. The van der Waals surface area contributed by atoms with E-state index in [4.69, 9.17) is 4.74 Å². The molecule has 1 N–H and O–H groups in total. The van der Waals surface area contributed by atoms with Gasteiger partial charge in [0.25, 0.3) is 5.56 Å². The van der Waals surface area contributed by atoms with Crippen LogP contribution in [0.15, 0.2) is 29.1 Å². The second kappa shape index (κ2) is 5.86. The molecule has 1 aliphatic rings. The molecule has 0 saturated carbocycles. The van der Waals surface area contributed by atoms with Crippen molar-refractivity contribution in [3.63, 3.8) is 0 Å². The van der Waals surface area contributed by atoms with Crippen LogP contribution in [0.2, 0.25) is 0 Å². The Morgan fingerprint density at radius 1 is 1.50 bits per heavy atom. The van der Waals surface area contributed by atoms with Crippen molar-refractivity contribution in [2.75, 3.05) is 11.9 Å². The first-order valence-corrected chi connectivity index (χ1v) is 8.55. The molecule has 6 nitrogen and oxygen atoms in total. The van der Waals surface area contributed by atoms with Gasteiger partial charge in [-0.05, 0) is 12.5 Å². The Hall–Kier alpha value is -2.48. The van der Waals surface area contributed by atoms with Crippen LogP contribution in [-0.4, -0.2) is 21.2 Å². The third-order valence-electron chi connectivity index (χ3n) is 3.98. The molecule has 4 rings (SSSR count). The van der Waals surface area contributed by atoms with E-state index in [0.717, 1.165) is 11.3 Å². The molecule has 1 aliphatic heterocycles. The molecule has 1 atom stereocenters. The first-order valence-electron chi connectivity index (χ1n) is 7.73. The standard InChI is InChI=1S/C16H15FN4O2S/c1-2-9-8-13(22)21-16(18-9)24-15(20-21)19-12-6-7-23-14-10(12)4-3-5-11(14)17/h3-5,8,12H,2,6-7H2,1H3,(H,19,20)/t12-/m0/s1. The molecule has 0 radical (unpaired) electrons. The van der Waals surface area contributed by atoms with Gasteiger partial charge in [-0.15, -0.1) is 5.10 Å². The molecular weight excluding hydrogens is 331 g/mol. The van der Waals surface area contributed by atoms with Crippen LogP contribution in [0.1, 0.15) is 30.6 Å². The number of hydrogen-bond acceptors (Lipinski definition) is 6. The average Bonchev–Trinajstić information content (AvgIpc) is 2.99. The van der Waals surface area contributed by atoms with Crippen molar-refractivity contribution in [3.05, 3.63) is 51.7 Å². The number of halogens is 1. The minimum atomic E-state index is -0.367. The Bertz CT molecular complexity index is 968. The van der Waals surface area contributed by atoms with E-state index in [1.807, 2.05) is 13.0 Å². The quantitative estimate of drug-likeness (QED) is 0.790. The number of nitrogens with one attached hydrogen (secondary N) is 1. The van der Waals surface area contributed by atoms with Crippen molar-refractivity contribution in [2.24, 2.45) is 0 Å². The number of para-hydroxylation sites is 1. The van der Waals surface area contributed by atoms with E-state index in [0.29, 0.717) is 29.5 Å². The van der Waals surface area contributed by atoms with Crippen molar-refractivity contribution >= 4 is 21.4 Å². The smallest absolute Gasteiger partial charge is 0.275 e. The van der Waals surface area contributed by atoms with Crippen LogP contribution in [0, 0.1) is 5.82 Å². The summed E-state index contributed by atoms with van der Waals surface area (Å²) in [5.41, 5.74) is 1.31. The number of rotatable bonds is 3. The van der Waals surface area contributed by atoms with Crippen LogP contribution in [0.4, 0.5) is 9.52 Å². The van der Waals surface area contributed by atoms with Gasteiger partial charge >= 0.3 is 0 Å². The Morgan fingerprint density at radius 3 is 3.21 bits per heavy atom. The first-order chi connectivity index (χ1) is 11.7. The molecule has 0 fully saturated rings. The van der Waals surface area contributed by atoms with Gasteiger partial charge in [0.2, 0.25) is 10.1 Å². The molecular formula is C16H15FN4O2S. The van der Waals surface area contributed by atoms with Gasteiger partial charge in [0, 0.05) is 23.7 Å². The molecule has 0 amide bonds. The molecule has 3 heterocycles. The van der Waals surface area contributed by atoms with Crippen LogP contribution in [0.25, 0.3) is 4.96 Å². The molecule has 3 aromatic rings. The number of aromatic nitrogens is 3. The Balaban J connectivity index is 1.70. The summed E-state index contributed by atoms with van der Waals surface area (Å²) in [5.74, 6) is -0.0836. The third kappa shape index (κ3) is 2.52. The molecule has 0 saturated heterocycles. The first kappa shape index (κ1) is 15.1. The third-order valence-corrected chi connectivity index (χ3v) is 4.82. The van der Waals surface area contributed by atoms with Gasteiger partial charge in [-0.25, -0.2) is 9.37 Å². The summed E-state index contributed by atoms with van der Waals surface area (Å²) in [6.45, 7) is 2.38. The van der Waals surface area contributed by atoms with E-state index in [2.05, 4.69) is 15.4 Å². The summed E-state index contributed by atoms with van der Waals surface area (Å²) in [4.78, 5) is 17.0. The van der Waals surface area contributed by atoms with Gasteiger partial charge in [-0.1, -0.05) is 30.4 Å². The zero-order valence-electron chi connectivity index (χ0n) is 13.0. The Morgan fingerprint density at radius 2 is 2.38 bits per heavy atom. The highest BCUT2D eigenvalue weighted by atomic mass is 32.1. The van der Waals surface area contributed by atoms with Gasteiger partial charge in [-0.3, -0.25) is 4.79 Å². The second-order valence-electron chi connectivity index (χ2n) is 5.53. The zero-order chi connectivity index (χ0) is 16.7. The minimum Gasteiger partial charge on any atom is -0.490 e. The van der Waals surface area contributed by atoms with E-state index in [1.54, 1.807) is 6.07 Å². The number of hydrogen-bond donors (Lipinski definition) is 1. The highest BCUT2D eigenvalue weighted by Gasteiger charge is 2.25. The highest BCUT2D eigenvalue weighted by molar-refractivity contribution is 7.20. The molecule has 124 valence electrons. The van der Waals surface area contributed by atoms with E-state index < -0.39 is 0 Å². The normalized spacial score (nSPS) is 16.7. The van der Waals surface area contributed by atoms with Gasteiger partial charge in [0.15, 0.2) is 11.6 Å². The summed E-state index contributed by atoms with van der Waals surface area (Å²) in [7, 11) is 0. The fourth-order valence-corrected chi connectivity index (χ4v) is 3.66. The number of nitrogens with zero attached hydrogens (tertiary/aromatic N) is 3. The van der Waals surface area contributed by atoms with Gasteiger partial charge in [-0.2, -0.15) is 4.52 Å². The van der Waals surface area contributed by atoms with E-state index in [-0.39, 0.29) is 23.2 Å². The van der Waals surface area contributed by atoms with Crippen LogP contribution in [0.3, 0.4) is 0 Å². The number of fused-ring (bicyclic) bond motifs is 2. The molecule has 1 aromatic carbocycles. The maximum atomic E-state index is 13.9. The van der Waals surface area contributed by atoms with Gasteiger partial charge < -0.3 is 10.1 Å². The van der Waals surface area contributed by atoms with Crippen molar-refractivity contribution in [1.29, 1.82) is 0 Å². The number of benzene rings is 1. The lowest BCUT2D eigenvalue weighted by atomic mass is 10.0. The molecule has 2 aromatic heterocycles. The number of anilines is 1. The fourth-order valence-electron chi connectivity index (χ4n) is 2.78. The van der Waals surface area contributed by atoms with Crippen LogP contribution >= 0.6 is 11.3 Å². The van der Waals surface area contributed by atoms with Crippen LogP contribution in [0.5, 0.6) is 5.75 Å². The summed E-state index contributed by atoms with van der Waals surface area (Å²) in [5, 5.41) is 8.15. The molecule has 0 unspecified atom stereocenters. The predicted octanol–water partition coefficient (Wildman–Crippen LogP) is 2.79. The predicted molar refractivity (Wildman–Crippen MR) is 89.4 cm³/mol. The summed E-state index contributed by atoms with van der Waals surface area (Å²) < 4.78 is 20.6. The maximum Gasteiger partial charge on any atom is 0.275 e. The van der Waals surface area contributed by atoms with Crippen molar-refractivity contribution in [2.45, 2.75) is 25.8 Å². The van der Waals surface area contributed by atoms with Crippen LogP contribution in [-0.2, 0) is 6.42 Å². The highest BCUT2D eigenvalue weighted by Crippen LogP contribution is 2.36. The van der Waals surface area contributed by atoms with E-state index in [1.165, 1.54) is 28.0 Å². The average molecular weight is 346 g/mol. The molecule has 0 aliphatic carbocycles. The number of aryl methyl sites for hydroxylation is 1. The van der Waals surface area contributed by atoms with Crippen molar-refractivity contribution < 1.29 is 9.13 Å². The van der Waals surface area contributed by atoms with Crippen LogP contribution < -0.4 is 15.6 Å². The maximum absolute atomic E-state index is 13.9. The monoisotopic (exact) mass is 346 g/mol. The molecule has 0 spiro atoms. The van der Waals surface area contributed by atoms with E-state index >= 15 is 0 Å². The number of ether oxygens (including phenoxy) is 1. The lowest BCUT2D eigenvalue weighted by molar-refractivity contribution is 0.260.